The highest BCUT2D eigenvalue weighted by atomic mass is 16.1. The van der Waals surface area contributed by atoms with E-state index in [1.54, 1.807) is 0 Å². The van der Waals surface area contributed by atoms with Crippen LogP contribution >= 0.6 is 0 Å². The lowest BCUT2D eigenvalue weighted by Gasteiger charge is -2.43. The number of nitrogens with two attached hydrogens (primary N) is 1. The molecule has 5 heteroatoms. The monoisotopic (exact) mass is 454 g/mol. The van der Waals surface area contributed by atoms with E-state index < -0.39 is 17.7 Å². The van der Waals surface area contributed by atoms with Crippen molar-refractivity contribution in [1.29, 1.82) is 0 Å². The number of nitrogens with zero attached hydrogens (tertiary/aromatic N) is 1. The maximum Gasteiger partial charge on any atom is 0.231 e. The van der Waals surface area contributed by atoms with Crippen molar-refractivity contribution in [3.63, 3.8) is 0 Å². The third-order valence-electron chi connectivity index (χ3n) is 6.95. The van der Waals surface area contributed by atoms with E-state index in [1.807, 2.05) is 90.7 Å². The number of carbonyl (C=O) groups is 3. The average molecular weight is 455 g/mol. The van der Waals surface area contributed by atoms with Gasteiger partial charge in [-0.1, -0.05) is 78.9 Å². The molecule has 34 heavy (non-hydrogen) atoms. The fourth-order valence-electron chi connectivity index (χ4n) is 5.18. The summed E-state index contributed by atoms with van der Waals surface area (Å²) in [7, 11) is 0. The normalized spacial score (nSPS) is 20.6. The van der Waals surface area contributed by atoms with Gasteiger partial charge in [0, 0.05) is 42.0 Å². The Bertz CT molecular complexity index is 1130. The zero-order valence-electron chi connectivity index (χ0n) is 19.6. The number of benzene rings is 3. The van der Waals surface area contributed by atoms with E-state index in [0.717, 1.165) is 16.7 Å². The van der Waals surface area contributed by atoms with E-state index in [9.17, 15) is 14.4 Å². The van der Waals surface area contributed by atoms with E-state index in [2.05, 4.69) is 6.92 Å². The number of hydrogen-bond donors (Lipinski definition) is 1. The molecule has 0 bridgehead atoms. The quantitative estimate of drug-likeness (QED) is 0.543. The molecule has 2 unspecified atom stereocenters. The molecule has 0 radical (unpaired) electrons. The van der Waals surface area contributed by atoms with Crippen LogP contribution in [0.1, 0.15) is 43.3 Å². The number of likely N-dealkylation sites (tertiary alicyclic amines) is 1. The molecule has 3 aromatic carbocycles. The van der Waals surface area contributed by atoms with Crippen LogP contribution in [0, 0.1) is 25.7 Å². The third-order valence-corrected chi connectivity index (χ3v) is 6.95. The largest absolute Gasteiger partial charge is 0.369 e. The van der Waals surface area contributed by atoms with E-state index in [-0.39, 0.29) is 24.0 Å². The minimum atomic E-state index is -0.492. The van der Waals surface area contributed by atoms with Gasteiger partial charge in [-0.2, -0.15) is 0 Å². The lowest BCUT2D eigenvalue weighted by atomic mass is 9.67. The second kappa shape index (κ2) is 10.1. The van der Waals surface area contributed by atoms with Crippen LogP contribution in [-0.2, 0) is 4.79 Å². The Morgan fingerprint density at radius 3 is 1.74 bits per heavy atom. The fourth-order valence-corrected chi connectivity index (χ4v) is 5.18. The number of aryl methyl sites for hydroxylation is 1. The number of amides is 1. The zero-order valence-corrected chi connectivity index (χ0v) is 19.6. The minimum absolute atomic E-state index is 0.0106. The van der Waals surface area contributed by atoms with Gasteiger partial charge in [0.2, 0.25) is 5.91 Å². The summed E-state index contributed by atoms with van der Waals surface area (Å²) in [6.07, 6.45) is 0. The Labute approximate surface area is 200 Å². The summed E-state index contributed by atoms with van der Waals surface area (Å²) in [5, 5.41) is 0. The number of Topliss-reactive ketones (excluding diaryl/α,β-unsaturated/α-hetero) is 2. The van der Waals surface area contributed by atoms with E-state index in [1.165, 1.54) is 0 Å². The highest BCUT2D eigenvalue weighted by Gasteiger charge is 2.45. The molecule has 1 aliphatic heterocycles. The fraction of sp³-hybridized carbons (Fsp3) is 0.276. The molecule has 1 saturated heterocycles. The summed E-state index contributed by atoms with van der Waals surface area (Å²) in [5.41, 5.74) is 9.97. The molecule has 0 aromatic heterocycles. The number of primary amides is 1. The topological polar surface area (TPSA) is 80.5 Å². The number of hydrogen-bond acceptors (Lipinski definition) is 4. The first-order chi connectivity index (χ1) is 16.4. The molecule has 0 saturated carbocycles. The number of ketones is 2. The minimum Gasteiger partial charge on any atom is -0.369 e. The molecule has 0 aliphatic carbocycles. The highest BCUT2D eigenvalue weighted by molar-refractivity contribution is 6.02. The van der Waals surface area contributed by atoms with Gasteiger partial charge >= 0.3 is 0 Å². The van der Waals surface area contributed by atoms with Gasteiger partial charge < -0.3 is 5.73 Å². The Kier molecular flexibility index (Phi) is 7.03. The molecule has 5 nitrogen and oxygen atoms in total. The molecule has 2 atom stereocenters. The van der Waals surface area contributed by atoms with E-state index in [4.69, 9.17) is 5.73 Å². The Hall–Kier alpha value is -3.57. The van der Waals surface area contributed by atoms with Crippen LogP contribution in [0.3, 0.4) is 0 Å². The molecule has 2 N–H and O–H groups in total. The maximum atomic E-state index is 13.9. The van der Waals surface area contributed by atoms with E-state index >= 15 is 0 Å². The number of piperidine rings is 1. The van der Waals surface area contributed by atoms with Gasteiger partial charge in [0.05, 0.1) is 6.54 Å². The zero-order chi connectivity index (χ0) is 24.2. The number of rotatable bonds is 7. The molecular weight excluding hydrogens is 424 g/mol. The van der Waals surface area contributed by atoms with Crippen LogP contribution in [0.4, 0.5) is 0 Å². The molecular formula is C29H30N2O3. The standard InChI is InChI=1S/C29H30N2O3/c1-19-10-9-15-23(20(19)2)27-24(28(33)21-11-5-3-6-12-21)16-31(18-26(30)32)17-25(27)29(34)22-13-7-4-8-14-22/h3-15,24-25,27H,16-18H2,1-2H3,(H2,30,32). The summed E-state index contributed by atoms with van der Waals surface area (Å²) < 4.78 is 0. The highest BCUT2D eigenvalue weighted by Crippen LogP contribution is 2.42. The van der Waals surface area contributed by atoms with Gasteiger partial charge in [0.1, 0.15) is 0 Å². The van der Waals surface area contributed by atoms with E-state index in [0.29, 0.717) is 24.2 Å². The molecule has 174 valence electrons. The molecule has 3 aromatic rings. The van der Waals surface area contributed by atoms with Crippen molar-refractivity contribution in [3.05, 3.63) is 107 Å². The summed E-state index contributed by atoms with van der Waals surface area (Å²) in [5.74, 6) is -1.81. The molecule has 1 aliphatic rings. The van der Waals surface area contributed by atoms with Gasteiger partial charge in [-0.15, -0.1) is 0 Å². The predicted octanol–water partition coefficient (Wildman–Crippen LogP) is 4.19. The maximum absolute atomic E-state index is 13.9. The summed E-state index contributed by atoms with van der Waals surface area (Å²) >= 11 is 0. The van der Waals surface area contributed by atoms with Crippen molar-refractivity contribution in [2.75, 3.05) is 19.6 Å². The van der Waals surface area contributed by atoms with Crippen LogP contribution in [0.15, 0.2) is 78.9 Å². The van der Waals surface area contributed by atoms with Crippen LogP contribution in [0.5, 0.6) is 0 Å². The number of carbonyl (C=O) groups excluding carboxylic acids is 3. The molecule has 1 amide bonds. The van der Waals surface area contributed by atoms with Crippen molar-refractivity contribution < 1.29 is 14.4 Å². The van der Waals surface area contributed by atoms with Gasteiger partial charge in [-0.3, -0.25) is 19.3 Å². The van der Waals surface area contributed by atoms with Gasteiger partial charge in [0.15, 0.2) is 11.6 Å². The Morgan fingerprint density at radius 2 is 1.26 bits per heavy atom. The summed E-state index contributed by atoms with van der Waals surface area (Å²) in [6, 6.07) is 24.4. The first-order valence-electron chi connectivity index (χ1n) is 11.6. The lowest BCUT2D eigenvalue weighted by Crippen LogP contribution is -2.52. The summed E-state index contributed by atoms with van der Waals surface area (Å²) in [4.78, 5) is 41.4. The molecule has 1 fully saturated rings. The van der Waals surface area contributed by atoms with Crippen molar-refractivity contribution in [3.8, 4) is 0 Å². The van der Waals surface area contributed by atoms with Crippen molar-refractivity contribution >= 4 is 17.5 Å². The van der Waals surface area contributed by atoms with Crippen molar-refractivity contribution in [2.45, 2.75) is 19.8 Å². The van der Waals surface area contributed by atoms with Gasteiger partial charge in [-0.25, -0.2) is 0 Å². The smallest absolute Gasteiger partial charge is 0.231 e. The first kappa shape index (κ1) is 23.6. The van der Waals surface area contributed by atoms with Gasteiger partial charge in [-0.05, 0) is 30.5 Å². The first-order valence-corrected chi connectivity index (χ1v) is 11.6. The SMILES string of the molecule is Cc1cccc(C2C(C(=O)c3ccccc3)CN(CC(N)=O)CC2C(=O)c2ccccc2)c1C. The predicted molar refractivity (Wildman–Crippen MR) is 133 cm³/mol. The van der Waals surface area contributed by atoms with Gasteiger partial charge in [0.25, 0.3) is 0 Å². The Morgan fingerprint density at radius 1 is 0.765 bits per heavy atom. The molecule has 1 heterocycles. The molecule has 0 spiro atoms. The third kappa shape index (κ3) is 4.85. The van der Waals surface area contributed by atoms with Crippen LogP contribution in [0.25, 0.3) is 0 Å². The average Bonchev–Trinajstić information content (AvgIpc) is 2.85. The van der Waals surface area contributed by atoms with Crippen LogP contribution in [-0.4, -0.2) is 42.0 Å². The summed E-state index contributed by atoms with van der Waals surface area (Å²) in [6.45, 7) is 4.84. The van der Waals surface area contributed by atoms with Crippen LogP contribution in [0.2, 0.25) is 0 Å². The van der Waals surface area contributed by atoms with Crippen LogP contribution < -0.4 is 5.73 Å². The second-order valence-electron chi connectivity index (χ2n) is 9.15. The van der Waals surface area contributed by atoms with Crippen molar-refractivity contribution in [1.82, 2.24) is 4.90 Å². The lowest BCUT2D eigenvalue weighted by molar-refractivity contribution is -0.119. The Balaban J connectivity index is 1.86. The molecule has 4 rings (SSSR count). The van der Waals surface area contributed by atoms with Crippen molar-refractivity contribution in [2.24, 2.45) is 17.6 Å². The second-order valence-corrected chi connectivity index (χ2v) is 9.15.